The molecule has 1 aromatic heterocycles. The molecule has 0 amide bonds. The van der Waals surface area contributed by atoms with Crippen molar-refractivity contribution in [1.82, 2.24) is 4.68 Å². The van der Waals surface area contributed by atoms with Gasteiger partial charge in [0.05, 0.1) is 16.8 Å². The Balaban J connectivity index is 1.76. The third kappa shape index (κ3) is 4.73. The van der Waals surface area contributed by atoms with Crippen LogP contribution in [0.25, 0.3) is 22.8 Å². The minimum Gasteiger partial charge on any atom is -0.266 e. The number of hydrogen-bond donors (Lipinski definition) is 0. The van der Waals surface area contributed by atoms with E-state index in [9.17, 15) is 20.2 Å². The molecule has 0 fully saturated rings. The number of fused-ring (bicyclic) bond motifs is 1. The number of rotatable bonds is 5. The smallest absolute Gasteiger partial charge is 0.266 e. The van der Waals surface area contributed by atoms with Crippen LogP contribution in [0, 0.1) is 21.4 Å². The number of nitro benzene ring substituents is 1. The number of nitrogens with zero attached hydrogens (tertiary/aromatic N) is 4. The molecule has 37 heavy (non-hydrogen) atoms. The second-order valence-electron chi connectivity index (χ2n) is 8.70. The van der Waals surface area contributed by atoms with Gasteiger partial charge in [-0.1, -0.05) is 60.7 Å². The van der Waals surface area contributed by atoms with Gasteiger partial charge in [0.15, 0.2) is 0 Å². The van der Waals surface area contributed by atoms with Gasteiger partial charge in [0.25, 0.3) is 11.2 Å². The van der Waals surface area contributed by atoms with Crippen LogP contribution in [-0.2, 0) is 6.42 Å². The molecule has 1 heterocycles. The largest absolute Gasteiger partial charge is 0.290 e. The number of nitriles is 1. The van der Waals surface area contributed by atoms with E-state index < -0.39 is 10.5 Å². The van der Waals surface area contributed by atoms with E-state index in [1.807, 2.05) is 60.7 Å². The van der Waals surface area contributed by atoms with Gasteiger partial charge in [-0.25, -0.2) is 0 Å². The third-order valence-corrected chi connectivity index (χ3v) is 6.37. The summed E-state index contributed by atoms with van der Waals surface area (Å²) in [5.74, 6) is 0. The molecule has 3 aromatic carbocycles. The summed E-state index contributed by atoms with van der Waals surface area (Å²) in [4.78, 5) is 24.3. The Morgan fingerprint density at radius 3 is 2.24 bits per heavy atom. The maximum absolute atomic E-state index is 13.7. The molecule has 0 spiro atoms. The molecule has 0 saturated carbocycles. The molecule has 0 unspecified atom stereocenters. The quantitative estimate of drug-likeness (QED) is 0.195. The summed E-state index contributed by atoms with van der Waals surface area (Å²) in [7, 11) is 0. The molecular weight excluding hydrogens is 464 g/mol. The second kappa shape index (κ2) is 10.3. The molecule has 4 aromatic rings. The minimum absolute atomic E-state index is 0.0289. The van der Waals surface area contributed by atoms with Gasteiger partial charge in [-0.05, 0) is 65.3 Å². The molecule has 0 saturated heterocycles. The Kier molecular flexibility index (Phi) is 6.56. The molecular formula is C30H22N4O3. The fourth-order valence-corrected chi connectivity index (χ4v) is 4.69. The number of allylic oxidation sites excluding steroid dienone is 1. The van der Waals surface area contributed by atoms with Crippen LogP contribution in [0.4, 0.5) is 5.69 Å². The maximum Gasteiger partial charge on any atom is 0.290 e. The van der Waals surface area contributed by atoms with Crippen LogP contribution in [0.3, 0.4) is 0 Å². The van der Waals surface area contributed by atoms with Crippen LogP contribution >= 0.6 is 0 Å². The number of nitro groups is 1. The Morgan fingerprint density at radius 2 is 1.59 bits per heavy atom. The normalized spacial score (nSPS) is 13.9. The van der Waals surface area contributed by atoms with Crippen molar-refractivity contribution >= 4 is 23.6 Å². The molecule has 1 aliphatic rings. The van der Waals surface area contributed by atoms with Gasteiger partial charge >= 0.3 is 0 Å². The molecule has 0 radical (unpaired) electrons. The average molecular weight is 487 g/mol. The second-order valence-corrected chi connectivity index (χ2v) is 8.70. The summed E-state index contributed by atoms with van der Waals surface area (Å²) in [6, 6.07) is 27.5. The SMILES string of the molecule is N#Cc1c(-c2ccccc2)c2c(n(/N=C/c3ccc([N+](=O)[O-])cc3)c1=O)/C(=C/c1ccccc1)CCC2. The summed E-state index contributed by atoms with van der Waals surface area (Å²) >= 11 is 0. The van der Waals surface area contributed by atoms with Crippen molar-refractivity contribution in [2.75, 3.05) is 0 Å². The van der Waals surface area contributed by atoms with Gasteiger partial charge in [0.2, 0.25) is 0 Å². The van der Waals surface area contributed by atoms with Crippen LogP contribution in [0.2, 0.25) is 0 Å². The van der Waals surface area contributed by atoms with Crippen LogP contribution in [0.15, 0.2) is 94.8 Å². The lowest BCUT2D eigenvalue weighted by Crippen LogP contribution is -2.27. The maximum atomic E-state index is 13.7. The standard InChI is InChI=1S/C30H22N4O3/c31-19-27-28(23-10-5-2-6-11-23)26-13-7-12-24(18-21-8-3-1-4-9-21)29(26)33(30(27)35)32-20-22-14-16-25(17-15-22)34(36)37/h1-6,8-11,14-18,20H,7,12-13H2/b24-18+,32-20+. The fourth-order valence-electron chi connectivity index (χ4n) is 4.69. The lowest BCUT2D eigenvalue weighted by Gasteiger charge is -2.25. The topological polar surface area (TPSA) is 101 Å². The lowest BCUT2D eigenvalue weighted by atomic mass is 9.84. The molecule has 5 rings (SSSR count). The first-order chi connectivity index (χ1) is 18.1. The minimum atomic E-state index is -0.501. The number of pyridine rings is 1. The first-order valence-corrected chi connectivity index (χ1v) is 11.9. The van der Waals surface area contributed by atoms with E-state index in [0.29, 0.717) is 23.2 Å². The highest BCUT2D eigenvalue weighted by Crippen LogP contribution is 2.38. The Morgan fingerprint density at radius 1 is 0.919 bits per heavy atom. The zero-order valence-corrected chi connectivity index (χ0v) is 19.9. The third-order valence-electron chi connectivity index (χ3n) is 6.37. The zero-order valence-electron chi connectivity index (χ0n) is 19.9. The summed E-state index contributed by atoms with van der Waals surface area (Å²) in [5, 5.41) is 25.6. The molecule has 0 bridgehead atoms. The van der Waals surface area contributed by atoms with Crippen molar-refractivity contribution in [2.24, 2.45) is 5.10 Å². The molecule has 1 aliphatic carbocycles. The first-order valence-electron chi connectivity index (χ1n) is 11.9. The van der Waals surface area contributed by atoms with Crippen molar-refractivity contribution < 1.29 is 4.92 Å². The van der Waals surface area contributed by atoms with Crippen molar-refractivity contribution in [1.29, 1.82) is 5.26 Å². The lowest BCUT2D eigenvalue weighted by molar-refractivity contribution is -0.384. The van der Waals surface area contributed by atoms with Crippen molar-refractivity contribution in [3.63, 3.8) is 0 Å². The Labute approximate surface area is 213 Å². The molecule has 7 nitrogen and oxygen atoms in total. The summed E-state index contributed by atoms with van der Waals surface area (Å²) < 4.78 is 1.32. The van der Waals surface area contributed by atoms with Crippen molar-refractivity contribution in [3.05, 3.63) is 133 Å². The highest BCUT2D eigenvalue weighted by atomic mass is 16.6. The van der Waals surface area contributed by atoms with Crippen LogP contribution in [-0.4, -0.2) is 15.8 Å². The summed E-state index contributed by atoms with van der Waals surface area (Å²) in [5.41, 5.74) is 5.17. The first kappa shape index (κ1) is 23.6. The van der Waals surface area contributed by atoms with Gasteiger partial charge in [-0.2, -0.15) is 15.0 Å². The van der Waals surface area contributed by atoms with E-state index in [1.54, 1.807) is 12.1 Å². The number of aromatic nitrogens is 1. The highest BCUT2D eigenvalue weighted by molar-refractivity contribution is 5.88. The van der Waals surface area contributed by atoms with Gasteiger partial charge in [-0.3, -0.25) is 14.9 Å². The molecule has 7 heteroatoms. The van der Waals surface area contributed by atoms with E-state index in [4.69, 9.17) is 0 Å². The van der Waals surface area contributed by atoms with E-state index >= 15 is 0 Å². The summed E-state index contributed by atoms with van der Waals surface area (Å²) in [6.45, 7) is 0. The van der Waals surface area contributed by atoms with E-state index in [2.05, 4.69) is 17.2 Å². The molecule has 180 valence electrons. The predicted molar refractivity (Wildman–Crippen MR) is 144 cm³/mol. The molecule has 0 aliphatic heterocycles. The Hall–Kier alpha value is -5.09. The highest BCUT2D eigenvalue weighted by Gasteiger charge is 2.27. The predicted octanol–water partition coefficient (Wildman–Crippen LogP) is 6.05. The van der Waals surface area contributed by atoms with Crippen LogP contribution in [0.5, 0.6) is 0 Å². The Bertz CT molecular complexity index is 1630. The van der Waals surface area contributed by atoms with E-state index in [0.717, 1.165) is 35.1 Å². The van der Waals surface area contributed by atoms with Gasteiger partial charge in [0.1, 0.15) is 11.6 Å². The van der Waals surface area contributed by atoms with Gasteiger partial charge < -0.3 is 0 Å². The van der Waals surface area contributed by atoms with Crippen LogP contribution < -0.4 is 5.56 Å². The number of non-ortho nitro benzene ring substituents is 1. The molecule has 0 atom stereocenters. The monoisotopic (exact) mass is 486 g/mol. The zero-order chi connectivity index (χ0) is 25.8. The van der Waals surface area contributed by atoms with Gasteiger partial charge in [-0.15, -0.1) is 0 Å². The van der Waals surface area contributed by atoms with Gasteiger partial charge in [0, 0.05) is 17.7 Å². The number of hydrogen-bond acceptors (Lipinski definition) is 5. The number of benzene rings is 3. The molecule has 0 N–H and O–H groups in total. The average Bonchev–Trinajstić information content (AvgIpc) is 2.93. The van der Waals surface area contributed by atoms with E-state index in [1.165, 1.54) is 23.0 Å². The van der Waals surface area contributed by atoms with Crippen molar-refractivity contribution in [3.8, 4) is 17.2 Å². The van der Waals surface area contributed by atoms with E-state index in [-0.39, 0.29) is 11.3 Å². The van der Waals surface area contributed by atoms with Crippen molar-refractivity contribution in [2.45, 2.75) is 19.3 Å². The fraction of sp³-hybridized carbons (Fsp3) is 0.100. The summed E-state index contributed by atoms with van der Waals surface area (Å²) in [6.07, 6.45) is 5.89. The van der Waals surface area contributed by atoms with Crippen LogP contribution in [0.1, 0.15) is 40.8 Å².